The Morgan fingerprint density at radius 3 is 2.79 bits per heavy atom. The summed E-state index contributed by atoms with van der Waals surface area (Å²) in [6.45, 7) is 3.45. The summed E-state index contributed by atoms with van der Waals surface area (Å²) in [6.07, 6.45) is 0.807. The predicted octanol–water partition coefficient (Wildman–Crippen LogP) is -0.463. The largest absolute Gasteiger partial charge is 0.468 e. The molecule has 0 radical (unpaired) electrons. The van der Waals surface area contributed by atoms with E-state index in [0.29, 0.717) is 19.8 Å². The summed E-state index contributed by atoms with van der Waals surface area (Å²) in [7, 11) is 1.37. The Labute approximate surface area is 84.4 Å². The van der Waals surface area contributed by atoms with Gasteiger partial charge in [0, 0.05) is 6.61 Å². The third-order valence-corrected chi connectivity index (χ3v) is 1.71. The lowest BCUT2D eigenvalue weighted by atomic mass is 10.3. The number of carbonyl (C=O) groups is 1. The second-order valence-electron chi connectivity index (χ2n) is 2.89. The summed E-state index contributed by atoms with van der Waals surface area (Å²) >= 11 is 0. The van der Waals surface area contributed by atoms with Gasteiger partial charge in [0.1, 0.15) is 6.04 Å². The van der Waals surface area contributed by atoms with Gasteiger partial charge in [-0.25, -0.2) is 0 Å². The van der Waals surface area contributed by atoms with E-state index in [-0.39, 0.29) is 18.6 Å². The highest BCUT2D eigenvalue weighted by Gasteiger charge is 2.10. The number of methoxy groups -OCH3 is 1. The molecule has 0 aromatic heterocycles. The lowest BCUT2D eigenvalue weighted by Gasteiger charge is -2.10. The minimum absolute atomic E-state index is 0.0476. The molecule has 0 amide bonds. The SMILES string of the molecule is COC(=O)C(C)NCCCOCCO. The average molecular weight is 205 g/mol. The van der Waals surface area contributed by atoms with Gasteiger partial charge in [-0.15, -0.1) is 0 Å². The van der Waals surface area contributed by atoms with Gasteiger partial charge in [-0.3, -0.25) is 4.79 Å². The molecule has 84 valence electrons. The summed E-state index contributed by atoms with van der Waals surface area (Å²) < 4.78 is 9.59. The van der Waals surface area contributed by atoms with Crippen LogP contribution in [-0.2, 0) is 14.3 Å². The Bertz CT molecular complexity index is 152. The molecule has 0 aromatic rings. The van der Waals surface area contributed by atoms with Gasteiger partial charge >= 0.3 is 5.97 Å². The van der Waals surface area contributed by atoms with Crippen molar-refractivity contribution in [3.63, 3.8) is 0 Å². The number of aliphatic hydroxyl groups excluding tert-OH is 1. The fraction of sp³-hybridized carbons (Fsp3) is 0.889. The van der Waals surface area contributed by atoms with Crippen LogP contribution in [0, 0.1) is 0 Å². The quantitative estimate of drug-likeness (QED) is 0.414. The number of ether oxygens (including phenoxy) is 2. The van der Waals surface area contributed by atoms with Crippen molar-refractivity contribution in [1.82, 2.24) is 5.32 Å². The lowest BCUT2D eigenvalue weighted by molar-refractivity contribution is -0.142. The Morgan fingerprint density at radius 2 is 2.21 bits per heavy atom. The standard InChI is InChI=1S/C9H19NO4/c1-8(9(12)13-2)10-4-3-6-14-7-5-11/h8,10-11H,3-7H2,1-2H3. The van der Waals surface area contributed by atoms with Crippen molar-refractivity contribution < 1.29 is 19.4 Å². The minimum Gasteiger partial charge on any atom is -0.468 e. The first-order valence-corrected chi connectivity index (χ1v) is 4.72. The molecule has 0 saturated carbocycles. The molecule has 2 N–H and O–H groups in total. The first-order chi connectivity index (χ1) is 6.72. The van der Waals surface area contributed by atoms with E-state index in [1.165, 1.54) is 7.11 Å². The summed E-state index contributed by atoms with van der Waals surface area (Å²) in [5, 5.41) is 11.4. The van der Waals surface area contributed by atoms with E-state index in [0.717, 1.165) is 6.42 Å². The molecule has 0 bridgehead atoms. The fourth-order valence-electron chi connectivity index (χ4n) is 0.920. The first kappa shape index (κ1) is 13.4. The molecule has 0 fully saturated rings. The van der Waals surface area contributed by atoms with E-state index in [1.807, 2.05) is 0 Å². The van der Waals surface area contributed by atoms with Crippen molar-refractivity contribution in [2.45, 2.75) is 19.4 Å². The van der Waals surface area contributed by atoms with E-state index >= 15 is 0 Å². The van der Waals surface area contributed by atoms with E-state index in [1.54, 1.807) is 6.92 Å². The fourth-order valence-corrected chi connectivity index (χ4v) is 0.920. The van der Waals surface area contributed by atoms with Gasteiger partial charge in [0.2, 0.25) is 0 Å². The maximum absolute atomic E-state index is 10.9. The van der Waals surface area contributed by atoms with Crippen molar-refractivity contribution in [2.75, 3.05) is 33.5 Å². The molecule has 14 heavy (non-hydrogen) atoms. The molecule has 0 aliphatic rings. The third-order valence-electron chi connectivity index (χ3n) is 1.71. The van der Waals surface area contributed by atoms with Crippen LogP contribution in [0.15, 0.2) is 0 Å². The Hall–Kier alpha value is -0.650. The van der Waals surface area contributed by atoms with Crippen LogP contribution in [0.2, 0.25) is 0 Å². The highest BCUT2D eigenvalue weighted by molar-refractivity contribution is 5.74. The molecule has 5 nitrogen and oxygen atoms in total. The second kappa shape index (κ2) is 8.93. The Balaban J connectivity index is 3.23. The number of nitrogens with one attached hydrogen (secondary N) is 1. The summed E-state index contributed by atoms with van der Waals surface area (Å²) in [5.41, 5.74) is 0. The average Bonchev–Trinajstić information content (AvgIpc) is 2.21. The molecule has 0 saturated heterocycles. The Morgan fingerprint density at radius 1 is 1.50 bits per heavy atom. The molecule has 0 spiro atoms. The molecule has 0 aliphatic heterocycles. The number of carbonyl (C=O) groups excluding carboxylic acids is 1. The van der Waals surface area contributed by atoms with Gasteiger partial charge in [-0.05, 0) is 19.9 Å². The van der Waals surface area contributed by atoms with Gasteiger partial charge in [0.05, 0.1) is 20.3 Å². The molecular formula is C9H19NO4. The molecule has 0 heterocycles. The van der Waals surface area contributed by atoms with E-state index in [9.17, 15) is 4.79 Å². The van der Waals surface area contributed by atoms with Crippen molar-refractivity contribution in [2.24, 2.45) is 0 Å². The number of hydrogen-bond donors (Lipinski definition) is 2. The van der Waals surface area contributed by atoms with Crippen LogP contribution in [0.3, 0.4) is 0 Å². The van der Waals surface area contributed by atoms with Crippen molar-refractivity contribution in [3.05, 3.63) is 0 Å². The van der Waals surface area contributed by atoms with Crippen LogP contribution in [0.1, 0.15) is 13.3 Å². The molecule has 1 unspecified atom stereocenters. The molecule has 0 rings (SSSR count). The van der Waals surface area contributed by atoms with Crippen molar-refractivity contribution in [1.29, 1.82) is 0 Å². The van der Waals surface area contributed by atoms with E-state index < -0.39 is 0 Å². The van der Waals surface area contributed by atoms with Crippen molar-refractivity contribution >= 4 is 5.97 Å². The molecule has 5 heteroatoms. The van der Waals surface area contributed by atoms with E-state index in [2.05, 4.69) is 10.1 Å². The smallest absolute Gasteiger partial charge is 0.322 e. The van der Waals surface area contributed by atoms with Gasteiger partial charge in [0.25, 0.3) is 0 Å². The molecule has 0 aromatic carbocycles. The summed E-state index contributed by atoms with van der Waals surface area (Å²) in [4.78, 5) is 10.9. The van der Waals surface area contributed by atoms with E-state index in [4.69, 9.17) is 9.84 Å². The van der Waals surface area contributed by atoms with Crippen LogP contribution in [0.5, 0.6) is 0 Å². The highest BCUT2D eigenvalue weighted by Crippen LogP contribution is 1.87. The van der Waals surface area contributed by atoms with Crippen molar-refractivity contribution in [3.8, 4) is 0 Å². The van der Waals surface area contributed by atoms with Gasteiger partial charge in [0.15, 0.2) is 0 Å². The monoisotopic (exact) mass is 205 g/mol. The van der Waals surface area contributed by atoms with Crippen LogP contribution in [-0.4, -0.2) is 50.6 Å². The minimum atomic E-state index is -0.280. The first-order valence-electron chi connectivity index (χ1n) is 4.72. The number of hydrogen-bond acceptors (Lipinski definition) is 5. The van der Waals surface area contributed by atoms with Gasteiger partial charge in [-0.2, -0.15) is 0 Å². The zero-order valence-corrected chi connectivity index (χ0v) is 8.78. The maximum Gasteiger partial charge on any atom is 0.322 e. The summed E-state index contributed by atoms with van der Waals surface area (Å²) in [6, 6.07) is -0.280. The summed E-state index contributed by atoms with van der Waals surface area (Å²) in [5.74, 6) is -0.263. The predicted molar refractivity (Wildman–Crippen MR) is 52.0 cm³/mol. The number of rotatable bonds is 8. The van der Waals surface area contributed by atoms with Crippen LogP contribution >= 0.6 is 0 Å². The zero-order valence-electron chi connectivity index (χ0n) is 8.78. The highest BCUT2D eigenvalue weighted by atomic mass is 16.5. The zero-order chi connectivity index (χ0) is 10.8. The number of aliphatic hydroxyl groups is 1. The second-order valence-corrected chi connectivity index (χ2v) is 2.89. The van der Waals surface area contributed by atoms with Crippen LogP contribution in [0.4, 0.5) is 0 Å². The third kappa shape index (κ3) is 6.82. The topological polar surface area (TPSA) is 67.8 Å². The molecule has 0 aliphatic carbocycles. The molecular weight excluding hydrogens is 186 g/mol. The normalized spacial score (nSPS) is 12.5. The van der Waals surface area contributed by atoms with Gasteiger partial charge in [-0.1, -0.05) is 0 Å². The Kier molecular flexibility index (Phi) is 8.51. The maximum atomic E-state index is 10.9. The van der Waals surface area contributed by atoms with Crippen LogP contribution in [0.25, 0.3) is 0 Å². The molecule has 1 atom stereocenters. The lowest BCUT2D eigenvalue weighted by Crippen LogP contribution is -2.35. The van der Waals surface area contributed by atoms with Gasteiger partial charge < -0.3 is 19.9 Å². The number of esters is 1. The van der Waals surface area contributed by atoms with Crippen LogP contribution < -0.4 is 5.32 Å².